The number of aromatic amines is 1. The number of thiophene rings is 1. The van der Waals surface area contributed by atoms with Crippen molar-refractivity contribution < 1.29 is 0 Å². The number of H-pyrrole nitrogens is 1. The fourth-order valence-corrected chi connectivity index (χ4v) is 4.34. The summed E-state index contributed by atoms with van der Waals surface area (Å²) in [5.74, 6) is 0. The number of hydrogen-bond donors (Lipinski definition) is 1. The van der Waals surface area contributed by atoms with E-state index in [1.54, 1.807) is 0 Å². The van der Waals surface area contributed by atoms with Gasteiger partial charge in [-0.15, -0.1) is 11.3 Å². The first kappa shape index (κ1) is 14.7. The molecule has 23 heavy (non-hydrogen) atoms. The topological polar surface area (TPSA) is 31.9 Å². The third kappa shape index (κ3) is 2.96. The van der Waals surface area contributed by atoms with E-state index < -0.39 is 0 Å². The summed E-state index contributed by atoms with van der Waals surface area (Å²) in [4.78, 5) is 12.0. The van der Waals surface area contributed by atoms with Gasteiger partial charge in [-0.2, -0.15) is 0 Å². The predicted octanol–water partition coefficient (Wildman–Crippen LogP) is 4.12. The van der Waals surface area contributed by atoms with Gasteiger partial charge in [-0.25, -0.2) is 4.98 Å². The highest BCUT2D eigenvalue weighted by Gasteiger charge is 2.30. The van der Waals surface area contributed by atoms with Crippen molar-refractivity contribution >= 4 is 11.3 Å². The van der Waals surface area contributed by atoms with Gasteiger partial charge in [-0.05, 0) is 35.9 Å². The molecule has 0 bridgehead atoms. The van der Waals surface area contributed by atoms with Crippen molar-refractivity contribution in [3.8, 4) is 0 Å². The van der Waals surface area contributed by atoms with Crippen molar-refractivity contribution in [2.24, 2.45) is 0 Å². The number of benzene rings is 1. The molecule has 1 aliphatic rings. The molecule has 3 heterocycles. The Balaban J connectivity index is 1.63. The number of aryl methyl sites for hydroxylation is 1. The summed E-state index contributed by atoms with van der Waals surface area (Å²) >= 11 is 1.87. The van der Waals surface area contributed by atoms with Crippen LogP contribution in [0.3, 0.4) is 0 Å². The molecule has 0 aliphatic carbocycles. The minimum atomic E-state index is 0.355. The molecule has 0 amide bonds. The van der Waals surface area contributed by atoms with Gasteiger partial charge in [0, 0.05) is 30.1 Å². The molecule has 0 unspecified atom stereocenters. The largest absolute Gasteiger partial charge is 0.348 e. The average molecular weight is 323 g/mol. The molecule has 3 aromatic rings. The van der Waals surface area contributed by atoms with Crippen molar-refractivity contribution in [3.05, 3.63) is 75.5 Å². The van der Waals surface area contributed by atoms with Crippen molar-refractivity contribution in [1.82, 2.24) is 14.9 Å². The van der Waals surface area contributed by atoms with Crippen LogP contribution >= 0.6 is 11.3 Å². The Labute approximate surface area is 141 Å². The summed E-state index contributed by atoms with van der Waals surface area (Å²) in [6.07, 6.45) is 3.93. The number of aromatic nitrogens is 2. The van der Waals surface area contributed by atoms with Crippen LogP contribution in [-0.2, 0) is 19.4 Å². The highest BCUT2D eigenvalue weighted by Crippen LogP contribution is 2.33. The number of hydrogen-bond acceptors (Lipinski definition) is 3. The Kier molecular flexibility index (Phi) is 4.02. The Morgan fingerprint density at radius 1 is 1.26 bits per heavy atom. The van der Waals surface area contributed by atoms with E-state index >= 15 is 0 Å². The molecule has 0 radical (unpaired) electrons. The molecule has 3 nitrogen and oxygen atoms in total. The van der Waals surface area contributed by atoms with E-state index in [2.05, 4.69) is 63.6 Å². The van der Waals surface area contributed by atoms with Gasteiger partial charge < -0.3 is 4.98 Å². The summed E-state index contributed by atoms with van der Waals surface area (Å²) in [6.45, 7) is 4.32. The van der Waals surface area contributed by atoms with Gasteiger partial charge in [-0.3, -0.25) is 4.90 Å². The second-order valence-electron chi connectivity index (χ2n) is 6.22. The number of fused-ring (bicyclic) bond motifs is 1. The first-order chi connectivity index (χ1) is 11.3. The molecule has 0 saturated heterocycles. The monoisotopic (exact) mass is 323 g/mol. The zero-order chi connectivity index (χ0) is 15.6. The highest BCUT2D eigenvalue weighted by atomic mass is 32.1. The molecular formula is C19H21N3S. The normalized spacial score (nSPS) is 18.0. The number of rotatable bonds is 4. The Morgan fingerprint density at radius 3 is 2.91 bits per heavy atom. The van der Waals surface area contributed by atoms with Crippen LogP contribution in [0.2, 0.25) is 0 Å². The second-order valence-corrected chi connectivity index (χ2v) is 7.22. The van der Waals surface area contributed by atoms with Crippen LogP contribution in [-0.4, -0.2) is 21.4 Å². The van der Waals surface area contributed by atoms with Crippen LogP contribution in [0.5, 0.6) is 0 Å². The molecule has 0 fully saturated rings. The molecule has 4 rings (SSSR count). The minimum absolute atomic E-state index is 0.355. The van der Waals surface area contributed by atoms with E-state index in [1.807, 2.05) is 17.7 Å². The van der Waals surface area contributed by atoms with Gasteiger partial charge in [0.25, 0.3) is 0 Å². The molecule has 118 valence electrons. The fourth-order valence-electron chi connectivity index (χ4n) is 3.41. The van der Waals surface area contributed by atoms with Gasteiger partial charge >= 0.3 is 0 Å². The van der Waals surface area contributed by atoms with E-state index in [1.165, 1.54) is 27.4 Å². The SMILES string of the molecule is Cc1ccsc1CN1CCc2[nH]cnc2[C@@H]1Cc1ccccc1. The van der Waals surface area contributed by atoms with E-state index in [4.69, 9.17) is 0 Å². The highest BCUT2D eigenvalue weighted by molar-refractivity contribution is 7.10. The molecule has 0 spiro atoms. The van der Waals surface area contributed by atoms with Gasteiger partial charge in [0.1, 0.15) is 0 Å². The standard InChI is InChI=1S/C19H21N3S/c1-14-8-10-23-18(14)12-22-9-7-16-19(21-13-20-16)17(22)11-15-5-3-2-4-6-15/h2-6,8,10,13,17H,7,9,11-12H2,1H3,(H,20,21)/t17-/m0/s1. The van der Waals surface area contributed by atoms with Crippen LogP contribution in [0.25, 0.3) is 0 Å². The van der Waals surface area contributed by atoms with Gasteiger partial charge in [-0.1, -0.05) is 30.3 Å². The van der Waals surface area contributed by atoms with Crippen LogP contribution < -0.4 is 0 Å². The Bertz CT molecular complexity index is 775. The molecule has 2 aromatic heterocycles. The number of nitrogens with one attached hydrogen (secondary N) is 1. The number of imidazole rings is 1. The zero-order valence-corrected chi connectivity index (χ0v) is 14.1. The predicted molar refractivity (Wildman–Crippen MR) is 94.6 cm³/mol. The first-order valence-electron chi connectivity index (χ1n) is 8.14. The lowest BCUT2D eigenvalue weighted by molar-refractivity contribution is 0.172. The van der Waals surface area contributed by atoms with E-state index in [0.717, 1.165) is 25.9 Å². The Hall–Kier alpha value is -1.91. The van der Waals surface area contributed by atoms with Crippen molar-refractivity contribution in [1.29, 1.82) is 0 Å². The summed E-state index contributed by atoms with van der Waals surface area (Å²) in [5, 5.41) is 2.20. The summed E-state index contributed by atoms with van der Waals surface area (Å²) in [6, 6.07) is 13.3. The second kappa shape index (κ2) is 6.30. The molecular weight excluding hydrogens is 302 g/mol. The van der Waals surface area contributed by atoms with Crippen LogP contribution in [0.4, 0.5) is 0 Å². The van der Waals surface area contributed by atoms with Crippen molar-refractivity contribution in [2.75, 3.05) is 6.54 Å². The third-order valence-electron chi connectivity index (χ3n) is 4.74. The van der Waals surface area contributed by atoms with Crippen molar-refractivity contribution in [3.63, 3.8) is 0 Å². The molecule has 1 atom stereocenters. The molecule has 1 N–H and O–H groups in total. The lowest BCUT2D eigenvalue weighted by atomic mass is 9.96. The third-order valence-corrected chi connectivity index (χ3v) is 5.75. The molecule has 4 heteroatoms. The first-order valence-corrected chi connectivity index (χ1v) is 9.02. The maximum Gasteiger partial charge on any atom is 0.0925 e. The van der Waals surface area contributed by atoms with Gasteiger partial charge in [0.2, 0.25) is 0 Å². The van der Waals surface area contributed by atoms with Crippen LogP contribution in [0, 0.1) is 6.92 Å². The van der Waals surface area contributed by atoms with Crippen molar-refractivity contribution in [2.45, 2.75) is 32.4 Å². The van der Waals surface area contributed by atoms with E-state index in [9.17, 15) is 0 Å². The maximum absolute atomic E-state index is 4.64. The smallest absolute Gasteiger partial charge is 0.0925 e. The summed E-state index contributed by atoms with van der Waals surface area (Å²) < 4.78 is 0. The van der Waals surface area contributed by atoms with Crippen LogP contribution in [0.15, 0.2) is 48.1 Å². The zero-order valence-electron chi connectivity index (χ0n) is 13.3. The lowest BCUT2D eigenvalue weighted by Gasteiger charge is -2.35. The quantitative estimate of drug-likeness (QED) is 0.783. The molecule has 1 aromatic carbocycles. The maximum atomic E-state index is 4.64. The van der Waals surface area contributed by atoms with Gasteiger partial charge in [0.05, 0.1) is 18.1 Å². The molecule has 0 saturated carbocycles. The lowest BCUT2D eigenvalue weighted by Crippen LogP contribution is -2.36. The van der Waals surface area contributed by atoms with Crippen LogP contribution in [0.1, 0.15) is 33.4 Å². The van der Waals surface area contributed by atoms with E-state index in [0.29, 0.717) is 6.04 Å². The molecule has 1 aliphatic heterocycles. The minimum Gasteiger partial charge on any atom is -0.348 e. The fraction of sp³-hybridized carbons (Fsp3) is 0.316. The average Bonchev–Trinajstić information content (AvgIpc) is 3.20. The van der Waals surface area contributed by atoms with E-state index in [-0.39, 0.29) is 0 Å². The summed E-state index contributed by atoms with van der Waals surface area (Å²) in [5.41, 5.74) is 5.32. The Morgan fingerprint density at radius 2 is 2.13 bits per heavy atom. The van der Waals surface area contributed by atoms with Gasteiger partial charge in [0.15, 0.2) is 0 Å². The number of nitrogens with zero attached hydrogens (tertiary/aromatic N) is 2. The summed E-state index contributed by atoms with van der Waals surface area (Å²) in [7, 11) is 0.